The second kappa shape index (κ2) is 5.44. The number of hydrogen-bond acceptors (Lipinski definition) is 3. The Hall–Kier alpha value is -2.18. The van der Waals surface area contributed by atoms with Crippen LogP contribution in [-0.4, -0.2) is 11.5 Å². The molecule has 0 radical (unpaired) electrons. The van der Waals surface area contributed by atoms with Crippen LogP contribution >= 0.6 is 0 Å². The lowest BCUT2D eigenvalue weighted by atomic mass is 10.0. The molecule has 0 aliphatic rings. The van der Waals surface area contributed by atoms with Crippen LogP contribution in [-0.2, 0) is 0 Å². The van der Waals surface area contributed by atoms with E-state index in [-0.39, 0.29) is 6.04 Å². The lowest BCUT2D eigenvalue weighted by Crippen LogP contribution is -2.19. The molecule has 1 aromatic carbocycles. The number of pyridine rings is 1. The fraction of sp³-hybridized carbons (Fsp3) is 0.200. The monoisotopic (exact) mass is 237 g/mol. The number of nitriles is 1. The van der Waals surface area contributed by atoms with E-state index >= 15 is 0 Å². The van der Waals surface area contributed by atoms with Crippen molar-refractivity contribution in [2.45, 2.75) is 13.0 Å². The highest BCUT2D eigenvalue weighted by molar-refractivity contribution is 5.79. The Bertz CT molecular complexity index is 611. The third-order valence-corrected chi connectivity index (χ3v) is 2.78. The van der Waals surface area contributed by atoms with Gasteiger partial charge in [-0.25, -0.2) is 0 Å². The van der Waals surface area contributed by atoms with Gasteiger partial charge in [0, 0.05) is 17.6 Å². The summed E-state index contributed by atoms with van der Waals surface area (Å²) in [5.41, 5.74) is 2.91. The Morgan fingerprint density at radius 3 is 3.00 bits per heavy atom. The summed E-state index contributed by atoms with van der Waals surface area (Å²) in [6.07, 6.45) is 1.75. The number of rotatable bonds is 4. The van der Waals surface area contributed by atoms with Gasteiger partial charge in [-0.3, -0.25) is 10.3 Å². The van der Waals surface area contributed by atoms with Crippen LogP contribution in [0.4, 0.5) is 0 Å². The molecule has 1 N–H and O–H groups in total. The van der Waals surface area contributed by atoms with Gasteiger partial charge in [-0.1, -0.05) is 18.2 Å². The highest BCUT2D eigenvalue weighted by atomic mass is 14.9. The molecule has 0 bridgehead atoms. The average Bonchev–Trinajstić information content (AvgIpc) is 2.39. The first kappa shape index (κ1) is 12.3. The van der Waals surface area contributed by atoms with Gasteiger partial charge in [-0.2, -0.15) is 5.26 Å². The standard InChI is InChI=1S/C15H15N3/c1-3-8-17-15(10-16)13-6-7-14-12(9-13)5-4-11(2)18-14/h3-7,9,15,17H,1,8H2,2H3. The van der Waals surface area contributed by atoms with Crippen molar-refractivity contribution in [3.8, 4) is 6.07 Å². The second-order valence-corrected chi connectivity index (χ2v) is 4.16. The van der Waals surface area contributed by atoms with Crippen molar-refractivity contribution in [3.05, 3.63) is 54.2 Å². The van der Waals surface area contributed by atoms with Crippen molar-refractivity contribution in [1.29, 1.82) is 5.26 Å². The molecule has 0 saturated heterocycles. The molecule has 0 fully saturated rings. The van der Waals surface area contributed by atoms with Crippen LogP contribution in [0.2, 0.25) is 0 Å². The van der Waals surface area contributed by atoms with Gasteiger partial charge in [0.25, 0.3) is 0 Å². The first-order valence-electron chi connectivity index (χ1n) is 5.86. The minimum Gasteiger partial charge on any atom is -0.295 e. The second-order valence-electron chi connectivity index (χ2n) is 4.16. The molecular weight excluding hydrogens is 222 g/mol. The molecule has 3 heteroatoms. The number of aryl methyl sites for hydroxylation is 1. The Morgan fingerprint density at radius 1 is 1.44 bits per heavy atom. The van der Waals surface area contributed by atoms with Crippen LogP contribution < -0.4 is 5.32 Å². The molecule has 0 saturated carbocycles. The zero-order chi connectivity index (χ0) is 13.0. The Morgan fingerprint density at radius 2 is 2.28 bits per heavy atom. The summed E-state index contributed by atoms with van der Waals surface area (Å²) in [6.45, 7) is 6.22. The molecule has 1 unspecified atom stereocenters. The molecule has 2 aromatic rings. The van der Waals surface area contributed by atoms with Crippen molar-refractivity contribution >= 4 is 10.9 Å². The van der Waals surface area contributed by atoms with Crippen molar-refractivity contribution in [3.63, 3.8) is 0 Å². The molecule has 1 atom stereocenters. The van der Waals surface area contributed by atoms with Crippen molar-refractivity contribution < 1.29 is 0 Å². The quantitative estimate of drug-likeness (QED) is 0.832. The Kier molecular flexibility index (Phi) is 3.71. The minimum absolute atomic E-state index is 0.311. The predicted octanol–water partition coefficient (Wildman–Crippen LogP) is 2.88. The van der Waals surface area contributed by atoms with Gasteiger partial charge >= 0.3 is 0 Å². The third kappa shape index (κ3) is 2.55. The van der Waals surface area contributed by atoms with E-state index in [0.29, 0.717) is 6.54 Å². The molecular formula is C15H15N3. The van der Waals surface area contributed by atoms with Crippen molar-refractivity contribution in [1.82, 2.24) is 10.3 Å². The summed E-state index contributed by atoms with van der Waals surface area (Å²) in [4.78, 5) is 4.44. The number of nitrogens with one attached hydrogen (secondary N) is 1. The van der Waals surface area contributed by atoms with Crippen LogP contribution in [0.25, 0.3) is 10.9 Å². The topological polar surface area (TPSA) is 48.7 Å². The summed E-state index contributed by atoms with van der Waals surface area (Å²) in [5.74, 6) is 0. The zero-order valence-corrected chi connectivity index (χ0v) is 10.4. The van der Waals surface area contributed by atoms with E-state index in [1.807, 2.05) is 37.3 Å². The van der Waals surface area contributed by atoms with E-state index in [9.17, 15) is 0 Å². The first-order chi connectivity index (χ1) is 8.74. The number of fused-ring (bicyclic) bond motifs is 1. The van der Waals surface area contributed by atoms with Crippen LogP contribution in [0.5, 0.6) is 0 Å². The summed E-state index contributed by atoms with van der Waals surface area (Å²) >= 11 is 0. The first-order valence-corrected chi connectivity index (χ1v) is 5.86. The normalized spacial score (nSPS) is 12.0. The molecule has 2 rings (SSSR count). The molecule has 0 amide bonds. The lowest BCUT2D eigenvalue weighted by Gasteiger charge is -2.11. The van der Waals surface area contributed by atoms with Gasteiger partial charge in [-0.05, 0) is 30.7 Å². The average molecular weight is 237 g/mol. The lowest BCUT2D eigenvalue weighted by molar-refractivity contribution is 0.684. The maximum Gasteiger partial charge on any atom is 0.121 e. The minimum atomic E-state index is -0.311. The van der Waals surface area contributed by atoms with Gasteiger partial charge < -0.3 is 0 Å². The van der Waals surface area contributed by atoms with Gasteiger partial charge in [0.05, 0.1) is 11.6 Å². The highest BCUT2D eigenvalue weighted by Gasteiger charge is 2.09. The van der Waals surface area contributed by atoms with E-state index < -0.39 is 0 Å². The summed E-state index contributed by atoms with van der Waals surface area (Å²) in [5, 5.41) is 13.3. The summed E-state index contributed by atoms with van der Waals surface area (Å²) in [6, 6.07) is 11.9. The fourth-order valence-corrected chi connectivity index (χ4v) is 1.86. The summed E-state index contributed by atoms with van der Waals surface area (Å²) < 4.78 is 0. The van der Waals surface area contributed by atoms with Gasteiger partial charge in [0.2, 0.25) is 0 Å². The number of hydrogen-bond donors (Lipinski definition) is 1. The number of nitrogens with zero attached hydrogens (tertiary/aromatic N) is 2. The van der Waals surface area contributed by atoms with Crippen molar-refractivity contribution in [2.75, 3.05) is 6.54 Å². The number of aromatic nitrogens is 1. The number of benzene rings is 1. The fourth-order valence-electron chi connectivity index (χ4n) is 1.86. The maximum absolute atomic E-state index is 9.16. The van der Waals surface area contributed by atoms with E-state index in [2.05, 4.69) is 22.9 Å². The Balaban J connectivity index is 2.37. The molecule has 3 nitrogen and oxygen atoms in total. The molecule has 90 valence electrons. The molecule has 0 aliphatic heterocycles. The van der Waals surface area contributed by atoms with Crippen LogP contribution in [0.15, 0.2) is 43.0 Å². The van der Waals surface area contributed by atoms with Gasteiger partial charge in [-0.15, -0.1) is 6.58 Å². The van der Waals surface area contributed by atoms with E-state index in [0.717, 1.165) is 22.2 Å². The SMILES string of the molecule is C=CCNC(C#N)c1ccc2nc(C)ccc2c1. The molecule has 18 heavy (non-hydrogen) atoms. The van der Waals surface area contributed by atoms with Crippen molar-refractivity contribution in [2.24, 2.45) is 0 Å². The third-order valence-electron chi connectivity index (χ3n) is 2.78. The van der Waals surface area contributed by atoms with Crippen LogP contribution in [0, 0.1) is 18.3 Å². The maximum atomic E-state index is 9.16. The Labute approximate surface area is 107 Å². The van der Waals surface area contributed by atoms with Crippen LogP contribution in [0.3, 0.4) is 0 Å². The van der Waals surface area contributed by atoms with E-state index in [1.165, 1.54) is 0 Å². The zero-order valence-electron chi connectivity index (χ0n) is 10.4. The highest BCUT2D eigenvalue weighted by Crippen LogP contribution is 2.19. The van der Waals surface area contributed by atoms with Crippen LogP contribution in [0.1, 0.15) is 17.3 Å². The van der Waals surface area contributed by atoms with E-state index in [4.69, 9.17) is 5.26 Å². The summed E-state index contributed by atoms with van der Waals surface area (Å²) in [7, 11) is 0. The molecule has 0 aliphatic carbocycles. The molecule has 1 aromatic heterocycles. The largest absolute Gasteiger partial charge is 0.295 e. The van der Waals surface area contributed by atoms with E-state index in [1.54, 1.807) is 6.08 Å². The smallest absolute Gasteiger partial charge is 0.121 e. The predicted molar refractivity (Wildman–Crippen MR) is 73.0 cm³/mol. The molecule has 0 spiro atoms. The van der Waals surface area contributed by atoms with Gasteiger partial charge in [0.15, 0.2) is 0 Å². The molecule has 1 heterocycles. The van der Waals surface area contributed by atoms with Gasteiger partial charge in [0.1, 0.15) is 6.04 Å².